The van der Waals surface area contributed by atoms with Gasteiger partial charge in [-0.15, -0.1) is 0 Å². The lowest BCUT2D eigenvalue weighted by Crippen LogP contribution is -2.58. The third-order valence-electron chi connectivity index (χ3n) is 8.89. The van der Waals surface area contributed by atoms with E-state index in [0.29, 0.717) is 50.0 Å². The van der Waals surface area contributed by atoms with Crippen LogP contribution in [0.1, 0.15) is 61.7 Å². The quantitative estimate of drug-likeness (QED) is 0.683. The molecule has 0 aromatic heterocycles. The van der Waals surface area contributed by atoms with E-state index in [4.69, 9.17) is 9.47 Å². The van der Waals surface area contributed by atoms with Crippen molar-refractivity contribution < 1.29 is 19.1 Å². The lowest BCUT2D eigenvalue weighted by molar-refractivity contribution is -0.159. The average molecular weight is 453 g/mol. The van der Waals surface area contributed by atoms with Crippen molar-refractivity contribution in [3.8, 4) is 5.75 Å². The van der Waals surface area contributed by atoms with Gasteiger partial charge in [-0.05, 0) is 87.3 Å². The highest BCUT2D eigenvalue weighted by Crippen LogP contribution is 2.60. The number of hydrogen-bond acceptors (Lipinski definition) is 4. The third kappa shape index (κ3) is 4.16. The summed E-state index contributed by atoms with van der Waals surface area (Å²) in [4.78, 5) is 30.7. The minimum atomic E-state index is -0.0877. The van der Waals surface area contributed by atoms with Crippen LogP contribution in [0.2, 0.25) is 0 Å². The van der Waals surface area contributed by atoms with Gasteiger partial charge in [0.25, 0.3) is 5.91 Å². The van der Waals surface area contributed by atoms with Gasteiger partial charge in [0.15, 0.2) is 0 Å². The Bertz CT molecular complexity index is 866. The molecule has 4 bridgehead atoms. The van der Waals surface area contributed by atoms with Crippen molar-refractivity contribution in [3.63, 3.8) is 0 Å². The summed E-state index contributed by atoms with van der Waals surface area (Å²) in [5.74, 6) is 3.46. The second kappa shape index (κ2) is 8.61. The van der Waals surface area contributed by atoms with Gasteiger partial charge in [0, 0.05) is 38.3 Å². The monoisotopic (exact) mass is 452 g/mol. The van der Waals surface area contributed by atoms with Gasteiger partial charge in [0.1, 0.15) is 12.4 Å². The largest absolute Gasteiger partial charge is 0.491 e. The van der Waals surface area contributed by atoms with Gasteiger partial charge >= 0.3 is 0 Å². The molecule has 4 saturated carbocycles. The maximum absolute atomic E-state index is 13.6. The van der Waals surface area contributed by atoms with E-state index in [9.17, 15) is 9.59 Å². The number of piperazine rings is 1. The molecule has 1 aromatic carbocycles. The van der Waals surface area contributed by atoms with Gasteiger partial charge in [0.05, 0.1) is 11.5 Å². The molecule has 0 spiro atoms. The highest BCUT2D eigenvalue weighted by atomic mass is 16.5. The Balaban J connectivity index is 1.05. The summed E-state index contributed by atoms with van der Waals surface area (Å²) < 4.78 is 11.5. The van der Waals surface area contributed by atoms with E-state index in [-0.39, 0.29) is 17.4 Å². The maximum atomic E-state index is 13.6. The average Bonchev–Trinajstić information content (AvgIpc) is 3.35. The molecule has 0 radical (unpaired) electrons. The second-order valence-corrected chi connectivity index (χ2v) is 11.3. The topological polar surface area (TPSA) is 59.1 Å². The van der Waals surface area contributed by atoms with Crippen LogP contribution in [-0.2, 0) is 9.53 Å². The summed E-state index contributed by atoms with van der Waals surface area (Å²) in [7, 11) is 0. The number of carbonyl (C=O) groups excluding carboxylic acids is 2. The van der Waals surface area contributed by atoms with E-state index in [0.717, 1.165) is 56.5 Å². The van der Waals surface area contributed by atoms with Crippen molar-refractivity contribution in [1.82, 2.24) is 9.80 Å². The summed E-state index contributed by atoms with van der Waals surface area (Å²) in [5, 5.41) is 0. The molecule has 2 saturated heterocycles. The first-order chi connectivity index (χ1) is 16.1. The van der Waals surface area contributed by atoms with Crippen LogP contribution in [0.3, 0.4) is 0 Å². The SMILES string of the molecule is O=C(c1cccc(OCC2CCCO2)c1)N1CCN(C(=O)C23CC4CC(CC(C4)C2)C3)CC1. The van der Waals surface area contributed by atoms with Crippen molar-refractivity contribution in [1.29, 1.82) is 0 Å². The first kappa shape index (κ1) is 21.5. The first-order valence-electron chi connectivity index (χ1n) is 13.0. The molecule has 6 fully saturated rings. The van der Waals surface area contributed by atoms with Crippen LogP contribution in [0.15, 0.2) is 24.3 Å². The fourth-order valence-electron chi connectivity index (χ4n) is 7.69. The van der Waals surface area contributed by atoms with Crippen LogP contribution in [0.4, 0.5) is 0 Å². The van der Waals surface area contributed by atoms with Gasteiger partial charge in [-0.3, -0.25) is 9.59 Å². The van der Waals surface area contributed by atoms with Gasteiger partial charge < -0.3 is 19.3 Å². The van der Waals surface area contributed by atoms with Crippen LogP contribution in [-0.4, -0.2) is 67.1 Å². The molecule has 2 amide bonds. The van der Waals surface area contributed by atoms with E-state index in [2.05, 4.69) is 4.90 Å². The van der Waals surface area contributed by atoms with Gasteiger partial charge in [0.2, 0.25) is 5.91 Å². The normalized spacial score (nSPS) is 35.2. The maximum Gasteiger partial charge on any atom is 0.254 e. The van der Waals surface area contributed by atoms with Crippen molar-refractivity contribution in [3.05, 3.63) is 29.8 Å². The first-order valence-corrected chi connectivity index (χ1v) is 13.0. The fraction of sp³-hybridized carbons (Fsp3) is 0.704. The summed E-state index contributed by atoms with van der Waals surface area (Å²) in [6, 6.07) is 7.47. The van der Waals surface area contributed by atoms with Crippen LogP contribution in [0, 0.1) is 23.2 Å². The van der Waals surface area contributed by atoms with Crippen molar-refractivity contribution >= 4 is 11.8 Å². The van der Waals surface area contributed by atoms with Crippen LogP contribution in [0.25, 0.3) is 0 Å². The molecule has 1 atom stereocenters. The highest BCUT2D eigenvalue weighted by Gasteiger charge is 2.55. The lowest BCUT2D eigenvalue weighted by Gasteiger charge is -2.57. The van der Waals surface area contributed by atoms with Crippen molar-refractivity contribution in [2.75, 3.05) is 39.4 Å². The number of benzene rings is 1. The zero-order chi connectivity index (χ0) is 22.4. The van der Waals surface area contributed by atoms with Crippen LogP contribution in [0.5, 0.6) is 5.75 Å². The Labute approximate surface area is 196 Å². The third-order valence-corrected chi connectivity index (χ3v) is 8.89. The Morgan fingerprint density at radius 2 is 1.64 bits per heavy atom. The molecule has 0 N–H and O–H groups in total. The smallest absolute Gasteiger partial charge is 0.254 e. The highest BCUT2D eigenvalue weighted by molar-refractivity contribution is 5.95. The van der Waals surface area contributed by atoms with Gasteiger partial charge in [-0.2, -0.15) is 0 Å². The van der Waals surface area contributed by atoms with Crippen LogP contribution >= 0.6 is 0 Å². The van der Waals surface area contributed by atoms with E-state index < -0.39 is 0 Å². The number of rotatable bonds is 5. The molecule has 1 unspecified atom stereocenters. The summed E-state index contributed by atoms with van der Waals surface area (Å²) >= 11 is 0. The molecule has 6 nitrogen and oxygen atoms in total. The van der Waals surface area contributed by atoms with Crippen molar-refractivity contribution in [2.45, 2.75) is 57.5 Å². The fourth-order valence-corrected chi connectivity index (χ4v) is 7.69. The Kier molecular flexibility index (Phi) is 5.60. The number of nitrogens with zero attached hydrogens (tertiary/aromatic N) is 2. The Morgan fingerprint density at radius 3 is 2.27 bits per heavy atom. The predicted octanol–water partition coefficient (Wildman–Crippen LogP) is 3.75. The van der Waals surface area contributed by atoms with E-state index in [1.165, 1.54) is 19.3 Å². The molecule has 6 aliphatic rings. The van der Waals surface area contributed by atoms with Gasteiger partial charge in [-0.1, -0.05) is 6.07 Å². The van der Waals surface area contributed by atoms with E-state index >= 15 is 0 Å². The Hall–Kier alpha value is -2.08. The molecule has 2 aliphatic heterocycles. The number of amides is 2. The summed E-state index contributed by atoms with van der Waals surface area (Å²) in [6.07, 6.45) is 9.65. The number of carbonyl (C=O) groups is 2. The van der Waals surface area contributed by atoms with E-state index in [1.807, 2.05) is 29.2 Å². The minimum Gasteiger partial charge on any atom is -0.491 e. The van der Waals surface area contributed by atoms with Crippen LogP contribution < -0.4 is 4.74 Å². The summed E-state index contributed by atoms with van der Waals surface area (Å²) in [5.41, 5.74) is 0.566. The number of ether oxygens (including phenoxy) is 2. The zero-order valence-electron chi connectivity index (χ0n) is 19.5. The van der Waals surface area contributed by atoms with Gasteiger partial charge in [-0.25, -0.2) is 0 Å². The number of hydrogen-bond donors (Lipinski definition) is 0. The second-order valence-electron chi connectivity index (χ2n) is 11.3. The molecular formula is C27H36N2O4. The van der Waals surface area contributed by atoms with Crippen molar-refractivity contribution in [2.24, 2.45) is 23.2 Å². The molecule has 178 valence electrons. The molecule has 7 rings (SSSR count). The molecule has 1 aromatic rings. The molecule has 2 heterocycles. The molecule has 4 aliphatic carbocycles. The van der Waals surface area contributed by atoms with E-state index in [1.54, 1.807) is 0 Å². The predicted molar refractivity (Wildman–Crippen MR) is 124 cm³/mol. The standard InChI is InChI=1S/C27H36N2O4/c30-25(22-3-1-4-23(14-22)33-18-24-5-2-10-32-24)28-6-8-29(9-7-28)26(31)27-15-19-11-20(16-27)13-21(12-19)17-27/h1,3-4,14,19-21,24H,2,5-13,15-18H2. The zero-order valence-corrected chi connectivity index (χ0v) is 19.5. The molecule has 6 heteroatoms. The lowest BCUT2D eigenvalue weighted by atomic mass is 9.49. The Morgan fingerprint density at radius 1 is 0.970 bits per heavy atom. The molecule has 33 heavy (non-hydrogen) atoms. The minimum absolute atomic E-state index is 0.0273. The summed E-state index contributed by atoms with van der Waals surface area (Å²) in [6.45, 7) is 3.87. The molecular weight excluding hydrogens is 416 g/mol.